The molecule has 3 unspecified atom stereocenters. The van der Waals surface area contributed by atoms with E-state index in [1.165, 1.54) is 12.1 Å². The maximum Gasteiger partial charge on any atom is 0.261 e. The number of benzene rings is 3. The van der Waals surface area contributed by atoms with Crippen molar-refractivity contribution in [3.63, 3.8) is 0 Å². The Kier molecular flexibility index (Phi) is 8.70. The van der Waals surface area contributed by atoms with Crippen LogP contribution in [0.2, 0.25) is 10.0 Å². The highest BCUT2D eigenvalue weighted by molar-refractivity contribution is 6.30. The van der Waals surface area contributed by atoms with Crippen molar-refractivity contribution in [2.75, 3.05) is 0 Å². The molecule has 174 valence electrons. The highest BCUT2D eigenvalue weighted by Crippen LogP contribution is 2.27. The molecule has 0 radical (unpaired) electrons. The lowest BCUT2D eigenvalue weighted by atomic mass is 9.86. The van der Waals surface area contributed by atoms with Gasteiger partial charge in [0.15, 0.2) is 6.10 Å². The van der Waals surface area contributed by atoms with Crippen LogP contribution in [0.5, 0.6) is 5.75 Å². The lowest BCUT2D eigenvalue weighted by Gasteiger charge is -2.28. The first-order valence-electron chi connectivity index (χ1n) is 10.7. The minimum Gasteiger partial charge on any atom is -0.481 e. The minimum absolute atomic E-state index is 0.307. The third-order valence-electron chi connectivity index (χ3n) is 5.41. The van der Waals surface area contributed by atoms with Crippen molar-refractivity contribution in [1.82, 2.24) is 5.32 Å². The van der Waals surface area contributed by atoms with Gasteiger partial charge in [-0.1, -0.05) is 42.3 Å². The van der Waals surface area contributed by atoms with Crippen LogP contribution in [-0.2, 0) is 11.2 Å². The summed E-state index contributed by atoms with van der Waals surface area (Å²) < 4.78 is 33.8. The summed E-state index contributed by atoms with van der Waals surface area (Å²) in [7, 11) is 0. The molecule has 3 rings (SSSR count). The monoisotopic (exact) mass is 491 g/mol. The quantitative estimate of drug-likeness (QED) is 0.351. The Labute approximate surface area is 202 Å². The zero-order chi connectivity index (χ0) is 24.0. The topological polar surface area (TPSA) is 38.3 Å². The molecule has 0 aliphatic heterocycles. The summed E-state index contributed by atoms with van der Waals surface area (Å²) in [5.41, 5.74) is 1.39. The molecule has 33 heavy (non-hydrogen) atoms. The van der Waals surface area contributed by atoms with Gasteiger partial charge in [0, 0.05) is 28.1 Å². The van der Waals surface area contributed by atoms with E-state index in [-0.39, 0.29) is 11.8 Å². The molecular formula is C26H25Cl2F2NO2. The van der Waals surface area contributed by atoms with Crippen molar-refractivity contribution >= 4 is 29.1 Å². The van der Waals surface area contributed by atoms with Crippen molar-refractivity contribution in [3.8, 4) is 5.75 Å². The van der Waals surface area contributed by atoms with Crippen LogP contribution < -0.4 is 10.1 Å². The van der Waals surface area contributed by atoms with E-state index in [0.29, 0.717) is 34.2 Å². The molecule has 0 fully saturated rings. The van der Waals surface area contributed by atoms with Crippen LogP contribution in [0.1, 0.15) is 37.3 Å². The number of carbonyl (C=O) groups is 1. The molecule has 7 heteroatoms. The van der Waals surface area contributed by atoms with Gasteiger partial charge in [-0.15, -0.1) is 0 Å². The van der Waals surface area contributed by atoms with Crippen LogP contribution in [-0.4, -0.2) is 18.1 Å². The molecule has 1 N–H and O–H groups in total. The van der Waals surface area contributed by atoms with Crippen LogP contribution in [0.15, 0.2) is 66.7 Å². The molecule has 0 spiro atoms. The predicted octanol–water partition coefficient (Wildman–Crippen LogP) is 6.96. The van der Waals surface area contributed by atoms with Gasteiger partial charge in [0.05, 0.1) is 0 Å². The standard InChI is InChI=1S/C26H25Cl2F2NO2/c1-3-25(33-23-10-8-20(28)9-11-23)26(32)31-16(2)24(12-17-4-6-19(27)7-5-17)18-13-21(29)15-22(30)14-18/h4-11,13-16,24-25H,3,12H2,1-2H3,(H,31,32). The van der Waals surface area contributed by atoms with Crippen molar-refractivity contribution in [1.29, 1.82) is 0 Å². The molecule has 0 saturated heterocycles. The summed E-state index contributed by atoms with van der Waals surface area (Å²) in [5, 5.41) is 4.14. The molecule has 0 saturated carbocycles. The van der Waals surface area contributed by atoms with Gasteiger partial charge in [-0.3, -0.25) is 4.79 Å². The maximum absolute atomic E-state index is 14.0. The van der Waals surface area contributed by atoms with E-state index >= 15 is 0 Å². The number of nitrogens with one attached hydrogen (secondary N) is 1. The van der Waals surface area contributed by atoms with Gasteiger partial charge in [-0.2, -0.15) is 0 Å². The molecule has 3 atom stereocenters. The third kappa shape index (κ3) is 7.18. The van der Waals surface area contributed by atoms with Crippen molar-refractivity contribution < 1.29 is 18.3 Å². The number of hydrogen-bond acceptors (Lipinski definition) is 2. The Morgan fingerprint density at radius 3 is 2.03 bits per heavy atom. The van der Waals surface area contributed by atoms with Gasteiger partial charge >= 0.3 is 0 Å². The molecule has 0 aliphatic rings. The summed E-state index contributed by atoms with van der Waals surface area (Å²) in [6.45, 7) is 3.66. The van der Waals surface area contributed by atoms with Crippen molar-refractivity contribution in [2.45, 2.75) is 44.8 Å². The maximum atomic E-state index is 14.0. The van der Waals surface area contributed by atoms with Gasteiger partial charge < -0.3 is 10.1 Å². The molecule has 0 aromatic heterocycles. The summed E-state index contributed by atoms with van der Waals surface area (Å²) in [6.07, 6.45) is 0.169. The Hall–Kier alpha value is -2.63. The second kappa shape index (κ2) is 11.5. The molecule has 1 amide bonds. The number of halogens is 4. The minimum atomic E-state index is -0.728. The molecule has 3 aromatic carbocycles. The largest absolute Gasteiger partial charge is 0.481 e. The lowest BCUT2D eigenvalue weighted by molar-refractivity contribution is -0.128. The van der Waals surface area contributed by atoms with Crippen LogP contribution in [0, 0.1) is 11.6 Å². The Balaban J connectivity index is 1.80. The third-order valence-corrected chi connectivity index (χ3v) is 5.91. The van der Waals surface area contributed by atoms with Crippen LogP contribution in [0.4, 0.5) is 8.78 Å². The molecule has 3 aromatic rings. The van der Waals surface area contributed by atoms with Crippen molar-refractivity contribution in [2.24, 2.45) is 0 Å². The van der Waals surface area contributed by atoms with Crippen molar-refractivity contribution in [3.05, 3.63) is 99.5 Å². The second-order valence-corrected chi connectivity index (χ2v) is 8.78. The number of hydrogen-bond donors (Lipinski definition) is 1. The van der Waals surface area contributed by atoms with E-state index in [9.17, 15) is 13.6 Å². The highest BCUT2D eigenvalue weighted by Gasteiger charge is 2.26. The summed E-state index contributed by atoms with van der Waals surface area (Å²) in [5.74, 6) is -1.49. The van der Waals surface area contributed by atoms with Gasteiger partial charge in [0.1, 0.15) is 17.4 Å². The highest BCUT2D eigenvalue weighted by atomic mass is 35.5. The number of carbonyl (C=O) groups excluding carboxylic acids is 1. The first-order valence-corrected chi connectivity index (χ1v) is 11.4. The fourth-order valence-corrected chi connectivity index (χ4v) is 3.92. The molecule has 0 aliphatic carbocycles. The number of amides is 1. The summed E-state index contributed by atoms with van der Waals surface area (Å²) in [4.78, 5) is 13.0. The molecule has 0 bridgehead atoms. The second-order valence-electron chi connectivity index (χ2n) is 7.91. The first kappa shape index (κ1) is 25.0. The van der Waals surface area contributed by atoms with E-state index in [2.05, 4.69) is 5.32 Å². The van der Waals surface area contributed by atoms with Gasteiger partial charge in [0.2, 0.25) is 0 Å². The van der Waals surface area contributed by atoms with Crippen LogP contribution >= 0.6 is 23.2 Å². The number of rotatable bonds is 9. The van der Waals surface area contributed by atoms with E-state index in [4.69, 9.17) is 27.9 Å². The Morgan fingerprint density at radius 2 is 1.48 bits per heavy atom. The van der Waals surface area contributed by atoms with Gasteiger partial charge in [-0.25, -0.2) is 8.78 Å². The lowest BCUT2D eigenvalue weighted by Crippen LogP contribution is -2.45. The molecule has 0 heterocycles. The van der Waals surface area contributed by atoms with Gasteiger partial charge in [0.25, 0.3) is 5.91 Å². The first-order chi connectivity index (χ1) is 15.7. The zero-order valence-electron chi connectivity index (χ0n) is 18.3. The Morgan fingerprint density at radius 1 is 0.939 bits per heavy atom. The smallest absolute Gasteiger partial charge is 0.261 e. The van der Waals surface area contributed by atoms with E-state index in [1.807, 2.05) is 26.0 Å². The average molecular weight is 492 g/mol. The predicted molar refractivity (Wildman–Crippen MR) is 128 cm³/mol. The molecular weight excluding hydrogens is 467 g/mol. The number of ether oxygens (including phenoxy) is 1. The van der Waals surface area contributed by atoms with Crippen LogP contribution in [0.3, 0.4) is 0 Å². The fraction of sp³-hybridized carbons (Fsp3) is 0.269. The van der Waals surface area contributed by atoms with E-state index in [0.717, 1.165) is 11.6 Å². The molecule has 3 nitrogen and oxygen atoms in total. The van der Waals surface area contributed by atoms with Gasteiger partial charge in [-0.05, 0) is 79.4 Å². The fourth-order valence-electron chi connectivity index (χ4n) is 3.66. The summed E-state index contributed by atoms with van der Waals surface area (Å²) in [6, 6.07) is 17.0. The normalized spacial score (nSPS) is 13.8. The average Bonchev–Trinajstić information content (AvgIpc) is 2.77. The summed E-state index contributed by atoms with van der Waals surface area (Å²) >= 11 is 11.9. The zero-order valence-corrected chi connectivity index (χ0v) is 19.8. The van der Waals surface area contributed by atoms with E-state index in [1.54, 1.807) is 36.4 Å². The Bertz CT molecular complexity index is 1050. The van der Waals surface area contributed by atoms with Crippen LogP contribution in [0.25, 0.3) is 0 Å². The van der Waals surface area contributed by atoms with E-state index < -0.39 is 23.8 Å². The SMILES string of the molecule is CCC(Oc1ccc(Cl)cc1)C(=O)NC(C)C(Cc1ccc(Cl)cc1)c1cc(F)cc(F)c1.